The number of nitrogens with one attached hydrogen (secondary N) is 2. The largest absolute Gasteiger partial charge is 0.496 e. The Labute approximate surface area is 169 Å². The van der Waals surface area contributed by atoms with Crippen molar-refractivity contribution in [3.8, 4) is 5.75 Å². The van der Waals surface area contributed by atoms with Crippen LogP contribution >= 0.6 is 0 Å². The van der Waals surface area contributed by atoms with E-state index in [0.717, 1.165) is 0 Å². The molecule has 0 aliphatic carbocycles. The van der Waals surface area contributed by atoms with Gasteiger partial charge in [0.25, 0.3) is 20.0 Å². The number of nitrogens with zero attached hydrogens (tertiary/aromatic N) is 1. The van der Waals surface area contributed by atoms with Gasteiger partial charge in [-0.2, -0.15) is 0 Å². The topological polar surface area (TPSA) is 114 Å². The van der Waals surface area contributed by atoms with Crippen molar-refractivity contribution >= 4 is 31.6 Å². The van der Waals surface area contributed by atoms with Gasteiger partial charge in [-0.25, -0.2) is 21.8 Å². The molecular weight excluding hydrogens is 414 g/mol. The van der Waals surface area contributed by atoms with Gasteiger partial charge in [0, 0.05) is 11.9 Å². The van der Waals surface area contributed by atoms with Crippen molar-refractivity contribution in [2.24, 2.45) is 0 Å². The predicted octanol–water partition coefficient (Wildman–Crippen LogP) is 3.00. The molecule has 0 saturated heterocycles. The Morgan fingerprint density at radius 3 is 2.07 bits per heavy atom. The third kappa shape index (κ3) is 4.84. The number of rotatable bonds is 7. The van der Waals surface area contributed by atoms with Crippen LogP contribution in [0.4, 0.5) is 11.5 Å². The minimum absolute atomic E-state index is 0.0219. The molecule has 29 heavy (non-hydrogen) atoms. The molecule has 0 radical (unpaired) electrons. The van der Waals surface area contributed by atoms with Crippen molar-refractivity contribution in [3.05, 3.63) is 72.4 Å². The summed E-state index contributed by atoms with van der Waals surface area (Å²) < 4.78 is 59.9. The number of sulfonamides is 2. The maximum absolute atomic E-state index is 12.6. The number of ether oxygens (including phenoxy) is 1. The summed E-state index contributed by atoms with van der Waals surface area (Å²) in [6.45, 7) is 1.74. The molecule has 0 fully saturated rings. The summed E-state index contributed by atoms with van der Waals surface area (Å²) in [5, 5.41) is 0. The van der Waals surface area contributed by atoms with Crippen LogP contribution in [0.2, 0.25) is 0 Å². The lowest BCUT2D eigenvalue weighted by atomic mass is 10.2. The summed E-state index contributed by atoms with van der Waals surface area (Å²) in [7, 11) is -6.17. The first-order valence-corrected chi connectivity index (χ1v) is 11.4. The zero-order valence-corrected chi connectivity index (χ0v) is 17.3. The number of aromatic nitrogens is 1. The maximum atomic E-state index is 12.6. The molecule has 0 saturated carbocycles. The zero-order chi connectivity index (χ0) is 21.1. The number of anilines is 2. The predicted molar refractivity (Wildman–Crippen MR) is 110 cm³/mol. The van der Waals surface area contributed by atoms with Crippen molar-refractivity contribution < 1.29 is 21.6 Å². The smallest absolute Gasteiger partial charge is 0.263 e. The maximum Gasteiger partial charge on any atom is 0.263 e. The SMILES string of the molecule is COc1ccc(S(=O)(=O)Nc2ccc(S(=O)(=O)Nc3ccccn3)cc2)cc1C. The monoisotopic (exact) mass is 433 g/mol. The Morgan fingerprint density at radius 1 is 0.828 bits per heavy atom. The molecule has 0 atom stereocenters. The van der Waals surface area contributed by atoms with Crippen molar-refractivity contribution in [1.29, 1.82) is 0 Å². The van der Waals surface area contributed by atoms with Crippen LogP contribution in [0.3, 0.4) is 0 Å². The highest BCUT2D eigenvalue weighted by Crippen LogP contribution is 2.24. The second-order valence-electron chi connectivity index (χ2n) is 6.08. The molecule has 0 spiro atoms. The molecule has 8 nitrogen and oxygen atoms in total. The number of hydrogen-bond donors (Lipinski definition) is 2. The van der Waals surface area contributed by atoms with Crippen molar-refractivity contribution in [3.63, 3.8) is 0 Å². The third-order valence-electron chi connectivity index (χ3n) is 4.00. The van der Waals surface area contributed by atoms with E-state index in [4.69, 9.17) is 4.74 Å². The molecule has 0 bridgehead atoms. The lowest BCUT2D eigenvalue weighted by Gasteiger charge is -2.11. The van der Waals surface area contributed by atoms with Crippen LogP contribution in [0, 0.1) is 6.92 Å². The van der Waals surface area contributed by atoms with Crippen molar-refractivity contribution in [2.45, 2.75) is 16.7 Å². The van der Waals surface area contributed by atoms with Gasteiger partial charge in [-0.3, -0.25) is 9.44 Å². The fourth-order valence-electron chi connectivity index (χ4n) is 2.55. The first-order valence-electron chi connectivity index (χ1n) is 8.43. The second kappa shape index (κ2) is 8.10. The van der Waals surface area contributed by atoms with E-state index in [0.29, 0.717) is 11.3 Å². The van der Waals surface area contributed by atoms with Crippen LogP contribution in [-0.2, 0) is 20.0 Å². The number of methoxy groups -OCH3 is 1. The van der Waals surface area contributed by atoms with E-state index < -0.39 is 20.0 Å². The molecule has 152 valence electrons. The Hall–Kier alpha value is -3.11. The zero-order valence-electron chi connectivity index (χ0n) is 15.7. The molecule has 0 aliphatic rings. The van der Waals surface area contributed by atoms with Gasteiger partial charge in [-0.15, -0.1) is 0 Å². The van der Waals surface area contributed by atoms with Crippen LogP contribution in [0.25, 0.3) is 0 Å². The van der Waals surface area contributed by atoms with Crippen LogP contribution in [0.1, 0.15) is 5.56 Å². The minimum atomic E-state index is -3.84. The number of benzene rings is 2. The van der Waals surface area contributed by atoms with Crippen molar-refractivity contribution in [2.75, 3.05) is 16.6 Å². The van der Waals surface area contributed by atoms with Gasteiger partial charge in [-0.1, -0.05) is 6.07 Å². The molecule has 0 aliphatic heterocycles. The molecule has 0 unspecified atom stereocenters. The summed E-state index contributed by atoms with van der Waals surface area (Å²) in [4.78, 5) is 3.97. The molecule has 2 aromatic carbocycles. The second-order valence-corrected chi connectivity index (χ2v) is 9.45. The first kappa shape index (κ1) is 20.6. The highest BCUT2D eigenvalue weighted by molar-refractivity contribution is 7.93. The summed E-state index contributed by atoms with van der Waals surface area (Å²) in [6, 6.07) is 14.7. The molecule has 2 N–H and O–H groups in total. The fourth-order valence-corrected chi connectivity index (χ4v) is 4.71. The van der Waals surface area contributed by atoms with Gasteiger partial charge in [0.2, 0.25) is 0 Å². The van der Waals surface area contributed by atoms with E-state index in [1.54, 1.807) is 25.1 Å². The molecule has 1 aromatic heterocycles. The Bertz CT molecular complexity index is 1210. The molecule has 3 aromatic rings. The van der Waals surface area contributed by atoms with Gasteiger partial charge in [0.15, 0.2) is 0 Å². The molecule has 3 rings (SSSR count). The summed E-state index contributed by atoms with van der Waals surface area (Å²) >= 11 is 0. The van der Waals surface area contributed by atoms with Crippen LogP contribution in [0.5, 0.6) is 5.75 Å². The molecular formula is C19H19N3O5S2. The molecule has 0 amide bonds. The Kier molecular flexibility index (Phi) is 5.76. The van der Waals surface area contributed by atoms with E-state index in [-0.39, 0.29) is 21.3 Å². The number of hydrogen-bond acceptors (Lipinski definition) is 6. The van der Waals surface area contributed by atoms with Gasteiger partial charge in [0.05, 0.1) is 16.9 Å². The van der Waals surface area contributed by atoms with Crippen LogP contribution in [0.15, 0.2) is 76.7 Å². The summed E-state index contributed by atoms with van der Waals surface area (Å²) in [5.74, 6) is 0.770. The molecule has 10 heteroatoms. The van der Waals surface area contributed by atoms with Crippen molar-refractivity contribution in [1.82, 2.24) is 4.98 Å². The number of aryl methyl sites for hydroxylation is 1. The fraction of sp³-hybridized carbons (Fsp3) is 0.105. The summed E-state index contributed by atoms with van der Waals surface area (Å²) in [6.07, 6.45) is 1.47. The highest BCUT2D eigenvalue weighted by Gasteiger charge is 2.18. The van der Waals surface area contributed by atoms with E-state index in [9.17, 15) is 16.8 Å². The average molecular weight is 434 g/mol. The van der Waals surface area contributed by atoms with Gasteiger partial charge in [-0.05, 0) is 67.1 Å². The normalized spacial score (nSPS) is 11.7. The van der Waals surface area contributed by atoms with Crippen LogP contribution in [-0.4, -0.2) is 28.9 Å². The lowest BCUT2D eigenvalue weighted by molar-refractivity contribution is 0.411. The van der Waals surface area contributed by atoms with Gasteiger partial charge >= 0.3 is 0 Å². The quantitative estimate of drug-likeness (QED) is 0.592. The third-order valence-corrected chi connectivity index (χ3v) is 6.75. The first-order chi connectivity index (χ1) is 13.7. The molecule has 1 heterocycles. The van der Waals surface area contributed by atoms with E-state index >= 15 is 0 Å². The standard InChI is InChI=1S/C19H19N3O5S2/c1-14-13-17(10-11-18(14)27-2)29(25,26)21-15-6-8-16(9-7-15)28(23,24)22-19-5-3-4-12-20-19/h3-13,21H,1-2H3,(H,20,22). The minimum Gasteiger partial charge on any atom is -0.496 e. The van der Waals surface area contributed by atoms with E-state index in [1.807, 2.05) is 0 Å². The lowest BCUT2D eigenvalue weighted by Crippen LogP contribution is -2.15. The number of pyridine rings is 1. The Balaban J connectivity index is 1.79. The van der Waals surface area contributed by atoms with Gasteiger partial charge < -0.3 is 4.74 Å². The summed E-state index contributed by atoms with van der Waals surface area (Å²) in [5.41, 5.74) is 0.910. The Morgan fingerprint density at radius 2 is 1.48 bits per heavy atom. The van der Waals surface area contributed by atoms with Gasteiger partial charge in [0.1, 0.15) is 11.6 Å². The van der Waals surface area contributed by atoms with Crippen LogP contribution < -0.4 is 14.2 Å². The van der Waals surface area contributed by atoms with E-state index in [2.05, 4.69) is 14.4 Å². The highest BCUT2D eigenvalue weighted by atomic mass is 32.2. The average Bonchev–Trinajstić information content (AvgIpc) is 2.68. The van der Waals surface area contributed by atoms with E-state index in [1.165, 1.54) is 55.8 Å².